The molecule has 4 heteroatoms. The van der Waals surface area contributed by atoms with Gasteiger partial charge in [-0.05, 0) is 37.8 Å². The summed E-state index contributed by atoms with van der Waals surface area (Å²) in [7, 11) is 1.87. The highest BCUT2D eigenvalue weighted by Crippen LogP contribution is 2.23. The van der Waals surface area contributed by atoms with Gasteiger partial charge < -0.3 is 10.2 Å². The molecule has 1 N–H and O–H groups in total. The molecule has 0 saturated heterocycles. The van der Waals surface area contributed by atoms with E-state index in [1.807, 2.05) is 50.9 Å². The largest absolute Gasteiger partial charge is 0.341 e. The van der Waals surface area contributed by atoms with Crippen molar-refractivity contribution in [2.75, 3.05) is 7.05 Å². The number of carbonyl (C=O) groups is 2. The average molecular weight is 316 g/mol. The Balaban J connectivity index is 2.08. The molecule has 0 bridgehead atoms. The van der Waals surface area contributed by atoms with Gasteiger partial charge in [-0.2, -0.15) is 0 Å². The Bertz CT molecular complexity index is 562. The van der Waals surface area contributed by atoms with Gasteiger partial charge in [0.1, 0.15) is 6.04 Å². The summed E-state index contributed by atoms with van der Waals surface area (Å²) in [6.07, 6.45) is 4.51. The van der Waals surface area contributed by atoms with Crippen LogP contribution in [0.25, 0.3) is 0 Å². The summed E-state index contributed by atoms with van der Waals surface area (Å²) in [6.45, 7) is 5.90. The van der Waals surface area contributed by atoms with E-state index in [0.717, 1.165) is 18.4 Å². The number of likely N-dealkylation sites (N-methyl/N-ethyl adjacent to an activating group) is 1. The Labute approximate surface area is 139 Å². The van der Waals surface area contributed by atoms with Gasteiger partial charge in [0.15, 0.2) is 0 Å². The van der Waals surface area contributed by atoms with Crippen LogP contribution in [0, 0.1) is 12.8 Å². The zero-order chi connectivity index (χ0) is 17.0. The summed E-state index contributed by atoms with van der Waals surface area (Å²) in [5, 5.41) is 2.93. The number of carbonyl (C=O) groups excluding carboxylic acids is 2. The zero-order valence-electron chi connectivity index (χ0n) is 14.6. The number of aryl methyl sites for hydroxylation is 1. The van der Waals surface area contributed by atoms with Gasteiger partial charge in [-0.15, -0.1) is 0 Å². The van der Waals surface area contributed by atoms with Crippen LogP contribution in [0.4, 0.5) is 0 Å². The van der Waals surface area contributed by atoms with Crippen molar-refractivity contribution in [2.45, 2.75) is 58.5 Å². The Hall–Kier alpha value is -1.84. The van der Waals surface area contributed by atoms with Crippen LogP contribution in [0.15, 0.2) is 24.3 Å². The number of nitrogens with zero attached hydrogens (tertiary/aromatic N) is 1. The number of hydrogen-bond acceptors (Lipinski definition) is 2. The second-order valence-corrected chi connectivity index (χ2v) is 6.95. The van der Waals surface area contributed by atoms with Gasteiger partial charge >= 0.3 is 0 Å². The van der Waals surface area contributed by atoms with E-state index >= 15 is 0 Å². The smallest absolute Gasteiger partial charge is 0.251 e. The minimum absolute atomic E-state index is 0.0212. The Morgan fingerprint density at radius 1 is 1.22 bits per heavy atom. The first-order valence-electron chi connectivity index (χ1n) is 8.54. The van der Waals surface area contributed by atoms with Gasteiger partial charge in [0.2, 0.25) is 5.91 Å². The van der Waals surface area contributed by atoms with Gasteiger partial charge in [0.05, 0.1) is 0 Å². The lowest BCUT2D eigenvalue weighted by Gasteiger charge is -2.31. The van der Waals surface area contributed by atoms with E-state index in [2.05, 4.69) is 5.32 Å². The number of amides is 2. The van der Waals surface area contributed by atoms with E-state index < -0.39 is 6.04 Å². The van der Waals surface area contributed by atoms with Gasteiger partial charge in [-0.3, -0.25) is 9.59 Å². The number of rotatable bonds is 5. The highest BCUT2D eigenvalue weighted by atomic mass is 16.2. The summed E-state index contributed by atoms with van der Waals surface area (Å²) in [5.41, 5.74) is 1.64. The molecule has 0 spiro atoms. The summed E-state index contributed by atoms with van der Waals surface area (Å²) in [6, 6.07) is 7.29. The van der Waals surface area contributed by atoms with Crippen LogP contribution in [-0.4, -0.2) is 35.8 Å². The molecule has 2 amide bonds. The van der Waals surface area contributed by atoms with Crippen LogP contribution < -0.4 is 5.32 Å². The molecule has 1 aromatic carbocycles. The number of hydrogen-bond donors (Lipinski definition) is 1. The molecule has 1 fully saturated rings. The van der Waals surface area contributed by atoms with Gasteiger partial charge in [-0.25, -0.2) is 0 Å². The van der Waals surface area contributed by atoms with Gasteiger partial charge in [-0.1, -0.05) is 44.4 Å². The second kappa shape index (κ2) is 7.62. The molecule has 4 nitrogen and oxygen atoms in total. The first-order valence-corrected chi connectivity index (χ1v) is 8.54. The first-order chi connectivity index (χ1) is 10.9. The third kappa shape index (κ3) is 4.34. The fourth-order valence-electron chi connectivity index (χ4n) is 3.22. The van der Waals surface area contributed by atoms with Crippen molar-refractivity contribution < 1.29 is 9.59 Å². The van der Waals surface area contributed by atoms with Gasteiger partial charge in [0.25, 0.3) is 5.91 Å². The molecule has 23 heavy (non-hydrogen) atoms. The quantitative estimate of drug-likeness (QED) is 0.907. The number of benzene rings is 1. The molecule has 1 aromatic rings. The highest BCUT2D eigenvalue weighted by Gasteiger charge is 2.31. The van der Waals surface area contributed by atoms with E-state index in [0.29, 0.717) is 11.6 Å². The standard InChI is InChI=1S/C19H28N2O2/c1-13(2)17(19(23)21(4)16-10-5-6-11-16)20-18(22)15-9-7-8-14(3)12-15/h7-9,12-13,16-17H,5-6,10-11H2,1-4H3,(H,20,22). The molecule has 126 valence electrons. The predicted molar refractivity (Wildman–Crippen MR) is 92.3 cm³/mol. The molecule has 1 atom stereocenters. The van der Waals surface area contributed by atoms with Crippen molar-refractivity contribution in [3.63, 3.8) is 0 Å². The lowest BCUT2D eigenvalue weighted by Crippen LogP contribution is -2.52. The van der Waals surface area contributed by atoms with Crippen LogP contribution >= 0.6 is 0 Å². The maximum atomic E-state index is 12.8. The van der Waals surface area contributed by atoms with E-state index in [1.54, 1.807) is 6.07 Å². The van der Waals surface area contributed by atoms with Crippen LogP contribution in [0.1, 0.15) is 55.5 Å². The summed E-state index contributed by atoms with van der Waals surface area (Å²) in [5.74, 6) is -0.103. The van der Waals surface area contributed by atoms with Crippen LogP contribution in [0.3, 0.4) is 0 Å². The fourth-order valence-corrected chi connectivity index (χ4v) is 3.22. The van der Waals surface area contributed by atoms with E-state index in [9.17, 15) is 9.59 Å². The molecule has 1 aliphatic carbocycles. The molecular weight excluding hydrogens is 288 g/mol. The maximum absolute atomic E-state index is 12.8. The van der Waals surface area contributed by atoms with Crippen molar-refractivity contribution in [3.8, 4) is 0 Å². The highest BCUT2D eigenvalue weighted by molar-refractivity contribution is 5.97. The zero-order valence-corrected chi connectivity index (χ0v) is 14.6. The van der Waals surface area contributed by atoms with Crippen LogP contribution in [0.5, 0.6) is 0 Å². The summed E-state index contributed by atoms with van der Waals surface area (Å²) >= 11 is 0. The molecule has 2 rings (SSSR count). The van der Waals surface area contributed by atoms with Crippen LogP contribution in [-0.2, 0) is 4.79 Å². The lowest BCUT2D eigenvalue weighted by molar-refractivity contribution is -0.135. The molecule has 0 aliphatic heterocycles. The Morgan fingerprint density at radius 3 is 2.43 bits per heavy atom. The first kappa shape index (κ1) is 17.5. The summed E-state index contributed by atoms with van der Waals surface area (Å²) < 4.78 is 0. The molecule has 0 radical (unpaired) electrons. The predicted octanol–water partition coefficient (Wildman–Crippen LogP) is 3.15. The monoisotopic (exact) mass is 316 g/mol. The molecule has 1 unspecified atom stereocenters. The van der Waals surface area contributed by atoms with Gasteiger partial charge in [0, 0.05) is 18.7 Å². The van der Waals surface area contributed by atoms with E-state index in [-0.39, 0.29) is 17.7 Å². The number of nitrogens with one attached hydrogen (secondary N) is 1. The normalized spacial score (nSPS) is 16.4. The van der Waals surface area contributed by atoms with Crippen molar-refractivity contribution in [2.24, 2.45) is 5.92 Å². The van der Waals surface area contributed by atoms with E-state index in [4.69, 9.17) is 0 Å². The molecule has 0 aromatic heterocycles. The average Bonchev–Trinajstić information content (AvgIpc) is 3.05. The maximum Gasteiger partial charge on any atom is 0.251 e. The molecular formula is C19H28N2O2. The third-order valence-electron chi connectivity index (χ3n) is 4.72. The van der Waals surface area contributed by atoms with E-state index in [1.165, 1.54) is 12.8 Å². The molecule has 1 aliphatic rings. The topological polar surface area (TPSA) is 49.4 Å². The summed E-state index contributed by atoms with van der Waals surface area (Å²) in [4.78, 5) is 27.1. The van der Waals surface area contributed by atoms with Crippen molar-refractivity contribution in [1.29, 1.82) is 0 Å². The Kier molecular flexibility index (Phi) is 5.80. The molecule has 0 heterocycles. The Morgan fingerprint density at radius 2 is 1.87 bits per heavy atom. The lowest BCUT2D eigenvalue weighted by atomic mass is 10.0. The van der Waals surface area contributed by atoms with Crippen molar-refractivity contribution >= 4 is 11.8 Å². The van der Waals surface area contributed by atoms with Crippen molar-refractivity contribution in [3.05, 3.63) is 35.4 Å². The fraction of sp³-hybridized carbons (Fsp3) is 0.579. The third-order valence-corrected chi connectivity index (χ3v) is 4.72. The minimum Gasteiger partial charge on any atom is -0.341 e. The van der Waals surface area contributed by atoms with Crippen molar-refractivity contribution in [1.82, 2.24) is 10.2 Å². The van der Waals surface area contributed by atoms with Crippen LogP contribution in [0.2, 0.25) is 0 Å². The minimum atomic E-state index is -0.478. The SMILES string of the molecule is Cc1cccc(C(=O)NC(C(=O)N(C)C2CCCC2)C(C)C)c1. The second-order valence-electron chi connectivity index (χ2n) is 6.95. The molecule has 1 saturated carbocycles.